The zero-order chi connectivity index (χ0) is 10.2. The summed E-state index contributed by atoms with van der Waals surface area (Å²) in [5.41, 5.74) is 2.99. The summed E-state index contributed by atoms with van der Waals surface area (Å²) >= 11 is 0. The Hall–Kier alpha value is -1.24. The molecule has 0 N–H and O–H groups in total. The first kappa shape index (κ1) is 9.32. The maximum Gasteiger partial charge on any atom is 0.0446 e. The van der Waals surface area contributed by atoms with E-state index in [9.17, 15) is 0 Å². The lowest BCUT2D eigenvalue weighted by Crippen LogP contribution is -2.27. The summed E-state index contributed by atoms with van der Waals surface area (Å²) in [5, 5.41) is 0. The second-order valence-corrected chi connectivity index (χ2v) is 4.80. The van der Waals surface area contributed by atoms with Gasteiger partial charge in [0.15, 0.2) is 0 Å². The Morgan fingerprint density at radius 3 is 2.64 bits per heavy atom. The van der Waals surface area contributed by atoms with Gasteiger partial charge in [-0.05, 0) is 23.1 Å². The highest BCUT2D eigenvalue weighted by Crippen LogP contribution is 2.35. The van der Waals surface area contributed by atoms with E-state index in [-0.39, 0.29) is 5.41 Å². The number of allylic oxidation sites excluding steroid dienone is 5. The van der Waals surface area contributed by atoms with Crippen molar-refractivity contribution in [2.75, 3.05) is 6.54 Å². The van der Waals surface area contributed by atoms with Gasteiger partial charge in [-0.15, -0.1) is 0 Å². The Bertz CT molecular complexity index is 348. The smallest absolute Gasteiger partial charge is 0.0446 e. The van der Waals surface area contributed by atoms with Crippen LogP contribution in [0.25, 0.3) is 0 Å². The van der Waals surface area contributed by atoms with E-state index in [0.717, 1.165) is 6.54 Å². The first-order chi connectivity index (χ1) is 6.59. The molecule has 0 aromatic rings. The highest BCUT2D eigenvalue weighted by Gasteiger charge is 2.24. The molecule has 0 saturated heterocycles. The molecule has 2 heterocycles. The summed E-state index contributed by atoms with van der Waals surface area (Å²) in [4.78, 5) is 2.29. The Labute approximate surface area is 86.1 Å². The van der Waals surface area contributed by atoms with Gasteiger partial charge in [0.1, 0.15) is 0 Å². The molecule has 0 bridgehead atoms. The van der Waals surface area contributed by atoms with Crippen LogP contribution in [0.4, 0.5) is 0 Å². The summed E-state index contributed by atoms with van der Waals surface area (Å²) in [6.07, 6.45) is 13.0. The van der Waals surface area contributed by atoms with E-state index >= 15 is 0 Å². The van der Waals surface area contributed by atoms with Crippen LogP contribution in [0.1, 0.15) is 20.8 Å². The summed E-state index contributed by atoms with van der Waals surface area (Å²) in [7, 11) is 0. The number of fused-ring (bicyclic) bond motifs is 1. The molecule has 0 radical (unpaired) electrons. The highest BCUT2D eigenvalue weighted by atomic mass is 15.1. The molecule has 0 amide bonds. The molecular formula is C13H17N. The van der Waals surface area contributed by atoms with E-state index in [1.165, 1.54) is 11.3 Å². The van der Waals surface area contributed by atoms with Crippen LogP contribution in [0.15, 0.2) is 47.9 Å². The summed E-state index contributed by atoms with van der Waals surface area (Å²) in [6, 6.07) is 0. The molecule has 0 aromatic heterocycles. The highest BCUT2D eigenvalue weighted by molar-refractivity contribution is 5.44. The van der Waals surface area contributed by atoms with Gasteiger partial charge in [-0.25, -0.2) is 0 Å². The minimum Gasteiger partial charge on any atom is -0.344 e. The third kappa shape index (κ3) is 1.54. The first-order valence-electron chi connectivity index (χ1n) is 5.12. The topological polar surface area (TPSA) is 3.24 Å². The average Bonchev–Trinajstić information content (AvgIpc) is 2.15. The summed E-state index contributed by atoms with van der Waals surface area (Å²) in [5.74, 6) is 0. The monoisotopic (exact) mass is 187 g/mol. The van der Waals surface area contributed by atoms with Gasteiger partial charge in [-0.3, -0.25) is 0 Å². The quantitative estimate of drug-likeness (QED) is 0.562. The molecule has 2 aliphatic rings. The van der Waals surface area contributed by atoms with Crippen LogP contribution >= 0.6 is 0 Å². The lowest BCUT2D eigenvalue weighted by Gasteiger charge is -2.34. The SMILES string of the molecule is CC(C)(C)C1=CC=CN2CC=CC=C12. The summed E-state index contributed by atoms with van der Waals surface area (Å²) in [6.45, 7) is 7.77. The van der Waals surface area contributed by atoms with Crippen LogP contribution in [0, 0.1) is 5.41 Å². The predicted octanol–water partition coefficient (Wildman–Crippen LogP) is 3.24. The van der Waals surface area contributed by atoms with Crippen molar-refractivity contribution in [2.45, 2.75) is 20.8 Å². The molecule has 2 aliphatic heterocycles. The molecule has 0 spiro atoms. The minimum atomic E-state index is 0.222. The van der Waals surface area contributed by atoms with E-state index in [0.29, 0.717) is 0 Å². The number of hydrogen-bond acceptors (Lipinski definition) is 1. The zero-order valence-corrected chi connectivity index (χ0v) is 9.12. The van der Waals surface area contributed by atoms with E-state index in [4.69, 9.17) is 0 Å². The van der Waals surface area contributed by atoms with Crippen LogP contribution < -0.4 is 0 Å². The van der Waals surface area contributed by atoms with Crippen molar-refractivity contribution >= 4 is 0 Å². The molecule has 2 rings (SSSR count). The second-order valence-electron chi connectivity index (χ2n) is 4.80. The molecule has 0 aromatic carbocycles. The fourth-order valence-electron chi connectivity index (χ4n) is 1.88. The Kier molecular flexibility index (Phi) is 2.10. The van der Waals surface area contributed by atoms with Crippen LogP contribution in [0.3, 0.4) is 0 Å². The largest absolute Gasteiger partial charge is 0.344 e. The van der Waals surface area contributed by atoms with E-state index in [2.05, 4.69) is 62.3 Å². The molecule has 0 atom stereocenters. The van der Waals surface area contributed by atoms with E-state index in [1.807, 2.05) is 0 Å². The summed E-state index contributed by atoms with van der Waals surface area (Å²) < 4.78 is 0. The lowest BCUT2D eigenvalue weighted by molar-refractivity contribution is 0.439. The average molecular weight is 187 g/mol. The van der Waals surface area contributed by atoms with Gasteiger partial charge in [0, 0.05) is 18.4 Å². The molecule has 1 nitrogen and oxygen atoms in total. The molecule has 0 unspecified atom stereocenters. The molecule has 74 valence electrons. The molecule has 0 aliphatic carbocycles. The van der Waals surface area contributed by atoms with Crippen molar-refractivity contribution < 1.29 is 0 Å². The minimum absolute atomic E-state index is 0.222. The van der Waals surface area contributed by atoms with Gasteiger partial charge < -0.3 is 4.90 Å². The van der Waals surface area contributed by atoms with Crippen molar-refractivity contribution in [3.05, 3.63) is 47.9 Å². The standard InChI is InChI=1S/C13H17N/c1-13(2,3)11-7-6-10-14-9-5-4-8-12(11)14/h4-8,10H,9H2,1-3H3. The first-order valence-corrected chi connectivity index (χ1v) is 5.12. The maximum atomic E-state index is 2.29. The Balaban J connectivity index is 2.41. The van der Waals surface area contributed by atoms with E-state index < -0.39 is 0 Å². The van der Waals surface area contributed by atoms with Crippen LogP contribution in [0.5, 0.6) is 0 Å². The van der Waals surface area contributed by atoms with Gasteiger partial charge in [-0.1, -0.05) is 39.0 Å². The Morgan fingerprint density at radius 2 is 1.93 bits per heavy atom. The lowest BCUT2D eigenvalue weighted by atomic mass is 9.82. The Morgan fingerprint density at radius 1 is 1.14 bits per heavy atom. The van der Waals surface area contributed by atoms with Crippen molar-refractivity contribution in [1.82, 2.24) is 4.90 Å². The van der Waals surface area contributed by atoms with Gasteiger partial charge in [0.25, 0.3) is 0 Å². The number of rotatable bonds is 0. The van der Waals surface area contributed by atoms with Crippen molar-refractivity contribution in [3.63, 3.8) is 0 Å². The van der Waals surface area contributed by atoms with Gasteiger partial charge in [0.2, 0.25) is 0 Å². The van der Waals surface area contributed by atoms with E-state index in [1.54, 1.807) is 0 Å². The van der Waals surface area contributed by atoms with Crippen molar-refractivity contribution in [3.8, 4) is 0 Å². The molecule has 0 fully saturated rings. The third-order valence-electron chi connectivity index (χ3n) is 2.61. The second kappa shape index (κ2) is 3.16. The van der Waals surface area contributed by atoms with Crippen LogP contribution in [-0.2, 0) is 0 Å². The van der Waals surface area contributed by atoms with Crippen molar-refractivity contribution in [2.24, 2.45) is 5.41 Å². The van der Waals surface area contributed by atoms with Gasteiger partial charge in [0.05, 0.1) is 0 Å². The molecular weight excluding hydrogens is 170 g/mol. The zero-order valence-electron chi connectivity index (χ0n) is 9.12. The maximum absolute atomic E-state index is 2.29. The van der Waals surface area contributed by atoms with Gasteiger partial charge in [-0.2, -0.15) is 0 Å². The molecule has 14 heavy (non-hydrogen) atoms. The number of hydrogen-bond donors (Lipinski definition) is 0. The molecule has 1 heteroatoms. The fourth-order valence-corrected chi connectivity index (χ4v) is 1.88. The van der Waals surface area contributed by atoms with Crippen LogP contribution in [0.2, 0.25) is 0 Å². The number of nitrogens with zero attached hydrogens (tertiary/aromatic N) is 1. The van der Waals surface area contributed by atoms with Gasteiger partial charge >= 0.3 is 0 Å². The van der Waals surface area contributed by atoms with Crippen LogP contribution in [-0.4, -0.2) is 11.4 Å². The molecule has 0 saturated carbocycles. The normalized spacial score (nSPS) is 20.4. The van der Waals surface area contributed by atoms with Crippen molar-refractivity contribution in [1.29, 1.82) is 0 Å². The fraction of sp³-hybridized carbons (Fsp3) is 0.385. The predicted molar refractivity (Wildman–Crippen MR) is 60.6 cm³/mol. The third-order valence-corrected chi connectivity index (χ3v) is 2.61.